The zero-order chi connectivity index (χ0) is 21.5. The van der Waals surface area contributed by atoms with Crippen LogP contribution in [0, 0.1) is 0 Å². The molecule has 0 heterocycles. The van der Waals surface area contributed by atoms with Gasteiger partial charge in [0.1, 0.15) is 5.75 Å². The molecule has 0 spiro atoms. The third kappa shape index (κ3) is 5.49. The van der Waals surface area contributed by atoms with Gasteiger partial charge in [-0.15, -0.1) is 0 Å². The highest BCUT2D eigenvalue weighted by Crippen LogP contribution is 2.27. The molecule has 156 valence electrons. The number of benzene rings is 3. The molecule has 1 amide bonds. The Labute approximate surface area is 186 Å². The second-order valence-electron chi connectivity index (χ2n) is 7.24. The molecular weight excluding hydrogens is 442 g/mol. The van der Waals surface area contributed by atoms with Crippen LogP contribution >= 0.6 is 15.9 Å². The minimum Gasteiger partial charge on any atom is -0.492 e. The molecule has 0 saturated carbocycles. The third-order valence-corrected chi connectivity index (χ3v) is 5.69. The summed E-state index contributed by atoms with van der Waals surface area (Å²) >= 11 is 3.45. The van der Waals surface area contributed by atoms with Gasteiger partial charge in [-0.05, 0) is 36.2 Å². The van der Waals surface area contributed by atoms with E-state index in [4.69, 9.17) is 4.74 Å². The molecule has 2 unspecified atom stereocenters. The Morgan fingerprint density at radius 3 is 2.33 bits per heavy atom. The smallest absolute Gasteiger partial charge is 0.257 e. The Bertz CT molecular complexity index is 963. The van der Waals surface area contributed by atoms with Gasteiger partial charge in [-0.3, -0.25) is 4.79 Å². The van der Waals surface area contributed by atoms with Crippen LogP contribution in [0.15, 0.2) is 83.3 Å². The van der Waals surface area contributed by atoms with Crippen molar-refractivity contribution in [2.45, 2.75) is 25.5 Å². The predicted molar refractivity (Wildman–Crippen MR) is 123 cm³/mol. The lowest BCUT2D eigenvalue weighted by Gasteiger charge is -2.30. The molecule has 3 rings (SSSR count). The molecule has 2 atom stereocenters. The van der Waals surface area contributed by atoms with Crippen LogP contribution in [0.1, 0.15) is 34.5 Å². The second kappa shape index (κ2) is 10.4. The number of amides is 1. The first kappa shape index (κ1) is 22.1. The fourth-order valence-electron chi connectivity index (χ4n) is 3.23. The highest BCUT2D eigenvalue weighted by atomic mass is 79.9. The number of hydrogen-bond donors (Lipinski definition) is 1. The summed E-state index contributed by atoms with van der Waals surface area (Å²) in [6.45, 7) is 2.31. The molecule has 0 saturated heterocycles. The molecule has 0 bridgehead atoms. The Morgan fingerprint density at radius 2 is 1.67 bits per heavy atom. The van der Waals surface area contributed by atoms with Gasteiger partial charge < -0.3 is 14.7 Å². The molecule has 0 aliphatic heterocycles. The van der Waals surface area contributed by atoms with E-state index < -0.39 is 12.1 Å². The number of nitrogens with zero attached hydrogens (tertiary/aromatic N) is 1. The summed E-state index contributed by atoms with van der Waals surface area (Å²) in [4.78, 5) is 14.8. The van der Waals surface area contributed by atoms with Gasteiger partial charge in [0.15, 0.2) is 0 Å². The van der Waals surface area contributed by atoms with Gasteiger partial charge in [-0.1, -0.05) is 76.6 Å². The summed E-state index contributed by atoms with van der Waals surface area (Å²) in [7, 11) is 1.70. The second-order valence-corrected chi connectivity index (χ2v) is 8.15. The van der Waals surface area contributed by atoms with Crippen molar-refractivity contribution >= 4 is 21.8 Å². The number of carbonyl (C=O) groups excluding carboxylic acids is 1. The van der Waals surface area contributed by atoms with Crippen LogP contribution in [-0.4, -0.2) is 35.6 Å². The first-order valence-corrected chi connectivity index (χ1v) is 10.7. The van der Waals surface area contributed by atoms with E-state index in [0.717, 1.165) is 16.5 Å². The molecule has 0 fully saturated rings. The van der Waals surface area contributed by atoms with Crippen molar-refractivity contribution in [3.8, 4) is 5.75 Å². The number of likely N-dealkylation sites (N-methyl/N-ethyl adjacent to an activating group) is 1. The van der Waals surface area contributed by atoms with Gasteiger partial charge >= 0.3 is 0 Å². The maximum absolute atomic E-state index is 13.2. The molecule has 30 heavy (non-hydrogen) atoms. The Hall–Kier alpha value is -2.63. The molecule has 3 aromatic rings. The van der Waals surface area contributed by atoms with E-state index in [1.807, 2.05) is 61.5 Å². The maximum Gasteiger partial charge on any atom is 0.257 e. The Balaban J connectivity index is 1.73. The van der Waals surface area contributed by atoms with Gasteiger partial charge in [0.2, 0.25) is 0 Å². The number of rotatable bonds is 8. The average Bonchev–Trinajstić information content (AvgIpc) is 2.79. The third-order valence-electron chi connectivity index (χ3n) is 5.19. The van der Waals surface area contributed by atoms with E-state index >= 15 is 0 Å². The van der Waals surface area contributed by atoms with Gasteiger partial charge in [0.25, 0.3) is 5.91 Å². The molecule has 5 heteroatoms. The van der Waals surface area contributed by atoms with Crippen molar-refractivity contribution in [1.29, 1.82) is 0 Å². The molecule has 0 aromatic heterocycles. The van der Waals surface area contributed by atoms with Crippen molar-refractivity contribution in [1.82, 2.24) is 4.90 Å². The maximum atomic E-state index is 13.2. The van der Waals surface area contributed by atoms with Gasteiger partial charge in [-0.25, -0.2) is 0 Å². The van der Waals surface area contributed by atoms with E-state index in [1.54, 1.807) is 24.1 Å². The van der Waals surface area contributed by atoms with Gasteiger partial charge in [0, 0.05) is 17.9 Å². The Morgan fingerprint density at radius 1 is 1.03 bits per heavy atom. The first-order chi connectivity index (χ1) is 14.5. The van der Waals surface area contributed by atoms with Crippen molar-refractivity contribution in [3.63, 3.8) is 0 Å². The van der Waals surface area contributed by atoms with Crippen LogP contribution in [0.2, 0.25) is 0 Å². The average molecular weight is 468 g/mol. The number of ether oxygens (including phenoxy) is 1. The van der Waals surface area contributed by atoms with Crippen LogP contribution in [0.25, 0.3) is 0 Å². The van der Waals surface area contributed by atoms with Gasteiger partial charge in [0.05, 0.1) is 24.3 Å². The van der Waals surface area contributed by atoms with E-state index in [0.29, 0.717) is 17.9 Å². The summed E-state index contributed by atoms with van der Waals surface area (Å²) in [5.74, 6) is 0.334. The van der Waals surface area contributed by atoms with Crippen LogP contribution in [-0.2, 0) is 6.42 Å². The minimum atomic E-state index is -0.783. The van der Waals surface area contributed by atoms with E-state index in [1.165, 1.54) is 5.56 Å². The quantitative estimate of drug-likeness (QED) is 0.491. The van der Waals surface area contributed by atoms with Crippen molar-refractivity contribution < 1.29 is 14.6 Å². The van der Waals surface area contributed by atoms with Crippen LogP contribution < -0.4 is 4.74 Å². The summed E-state index contributed by atoms with van der Waals surface area (Å²) < 4.78 is 6.76. The lowest BCUT2D eigenvalue weighted by atomic mass is 10.0. The molecule has 0 aliphatic carbocycles. The molecule has 1 N–H and O–H groups in total. The standard InChI is InChI=1S/C25H26BrNO3/c1-18(24(28)20-11-7-4-8-12-20)27(2)25(29)22-17-21(26)13-14-23(22)30-16-15-19-9-5-3-6-10-19/h3-14,17-18,24,28H,15-16H2,1-2H3. The monoisotopic (exact) mass is 467 g/mol. The minimum absolute atomic E-state index is 0.200. The normalized spacial score (nSPS) is 12.8. The lowest BCUT2D eigenvalue weighted by molar-refractivity contribution is 0.0483. The molecule has 4 nitrogen and oxygen atoms in total. The molecule has 0 radical (unpaired) electrons. The zero-order valence-electron chi connectivity index (χ0n) is 17.2. The fraction of sp³-hybridized carbons (Fsp3) is 0.240. The fourth-order valence-corrected chi connectivity index (χ4v) is 3.60. The molecule has 0 aliphatic rings. The summed E-state index contributed by atoms with van der Waals surface area (Å²) in [6.07, 6.45) is -0.0292. The number of carbonyl (C=O) groups is 1. The van der Waals surface area contributed by atoms with Crippen LogP contribution in [0.4, 0.5) is 0 Å². The SMILES string of the molecule is CC(C(O)c1ccccc1)N(C)C(=O)c1cc(Br)ccc1OCCc1ccccc1. The van der Waals surface area contributed by atoms with Crippen LogP contribution in [0.5, 0.6) is 5.75 Å². The van der Waals surface area contributed by atoms with Crippen molar-refractivity contribution in [3.05, 3.63) is 100 Å². The highest BCUT2D eigenvalue weighted by molar-refractivity contribution is 9.10. The largest absolute Gasteiger partial charge is 0.492 e. The van der Waals surface area contributed by atoms with Crippen molar-refractivity contribution in [2.24, 2.45) is 0 Å². The first-order valence-electron chi connectivity index (χ1n) is 9.94. The summed E-state index contributed by atoms with van der Waals surface area (Å²) in [5, 5.41) is 10.7. The number of aliphatic hydroxyl groups is 1. The van der Waals surface area contributed by atoms with E-state index in [2.05, 4.69) is 28.1 Å². The van der Waals surface area contributed by atoms with Crippen LogP contribution in [0.3, 0.4) is 0 Å². The molecule has 3 aromatic carbocycles. The molecular formula is C25H26BrNO3. The Kier molecular flexibility index (Phi) is 7.66. The lowest BCUT2D eigenvalue weighted by Crippen LogP contribution is -2.39. The van der Waals surface area contributed by atoms with Gasteiger partial charge in [-0.2, -0.15) is 0 Å². The van der Waals surface area contributed by atoms with E-state index in [-0.39, 0.29) is 5.91 Å². The summed E-state index contributed by atoms with van der Waals surface area (Å²) in [6, 6.07) is 24.5. The topological polar surface area (TPSA) is 49.8 Å². The zero-order valence-corrected chi connectivity index (χ0v) is 18.7. The summed E-state index contributed by atoms with van der Waals surface area (Å²) in [5.41, 5.74) is 2.42. The van der Waals surface area contributed by atoms with E-state index in [9.17, 15) is 9.90 Å². The number of hydrogen-bond acceptors (Lipinski definition) is 3. The number of halogens is 1. The highest BCUT2D eigenvalue weighted by Gasteiger charge is 2.26. The van der Waals surface area contributed by atoms with Crippen molar-refractivity contribution in [2.75, 3.05) is 13.7 Å². The number of aliphatic hydroxyl groups excluding tert-OH is 1. The predicted octanol–water partition coefficient (Wildman–Crippen LogP) is 5.26.